The number of rotatable bonds is 3. The number of azo groups is 1. The minimum Gasteiger partial charge on any atom is -0.493 e. The van der Waals surface area contributed by atoms with Crippen molar-refractivity contribution in [1.82, 2.24) is 14.9 Å². The van der Waals surface area contributed by atoms with Crippen molar-refractivity contribution in [2.75, 3.05) is 0 Å². The largest absolute Gasteiger partial charge is 0.493 e. The van der Waals surface area contributed by atoms with Crippen molar-refractivity contribution in [3.63, 3.8) is 0 Å². The van der Waals surface area contributed by atoms with Crippen LogP contribution in [0, 0.1) is 13.8 Å². The van der Waals surface area contributed by atoms with Gasteiger partial charge in [0.05, 0.1) is 11.4 Å². The minimum absolute atomic E-state index is 0.175. The van der Waals surface area contributed by atoms with E-state index in [0.29, 0.717) is 21.5 Å². The number of benzene rings is 2. The lowest BCUT2D eigenvalue weighted by molar-refractivity contribution is 0.384. The number of nitrogens with zero attached hydrogens (tertiary/aromatic N) is 6. The van der Waals surface area contributed by atoms with Gasteiger partial charge in [-0.2, -0.15) is 4.68 Å². The van der Waals surface area contributed by atoms with E-state index >= 15 is 0 Å². The Hall–Kier alpha value is -3.59. The molecule has 0 atom stereocenters. The average Bonchev–Trinajstić information content (AvgIpc) is 2.95. The summed E-state index contributed by atoms with van der Waals surface area (Å²) in [6, 6.07) is 14.6. The van der Waals surface area contributed by atoms with E-state index in [4.69, 9.17) is 0 Å². The minimum atomic E-state index is -0.175. The van der Waals surface area contributed by atoms with Crippen molar-refractivity contribution in [2.45, 2.75) is 13.8 Å². The average molecular weight is 392 g/mol. The van der Waals surface area contributed by atoms with Gasteiger partial charge in [-0.1, -0.05) is 41.2 Å². The maximum Gasteiger partial charge on any atom is 0.250 e. The molecular formula is C19H16N6O2S. The van der Waals surface area contributed by atoms with E-state index in [1.165, 1.54) is 0 Å². The van der Waals surface area contributed by atoms with E-state index in [2.05, 4.69) is 25.5 Å². The Morgan fingerprint density at radius 1 is 0.857 bits per heavy atom. The van der Waals surface area contributed by atoms with Gasteiger partial charge in [0, 0.05) is 10.8 Å². The fourth-order valence-corrected chi connectivity index (χ4v) is 3.22. The molecule has 2 aromatic heterocycles. The van der Waals surface area contributed by atoms with Crippen LogP contribution in [-0.2, 0) is 0 Å². The van der Waals surface area contributed by atoms with Crippen molar-refractivity contribution < 1.29 is 10.2 Å². The first kappa shape index (κ1) is 17.8. The molecule has 0 unspecified atom stereocenters. The standard InChI is InChI=1S/C19H16N6O2S/c1-11-7-9-13(10-8-11)21-22-16-12(2)20-23-19(28-16)24-25-17(26)14-5-3-4-6-15(14)18(25)27/h3-10,26-27H,1-2H3/b22-21?,24-19+. The molecule has 0 aliphatic heterocycles. The second-order valence-electron chi connectivity index (χ2n) is 6.12. The number of hydrogen-bond donors (Lipinski definition) is 2. The maximum absolute atomic E-state index is 10.4. The van der Waals surface area contributed by atoms with E-state index in [1.54, 1.807) is 31.2 Å². The number of fused-ring (bicyclic) bond motifs is 1. The predicted molar refractivity (Wildman–Crippen MR) is 106 cm³/mol. The molecule has 2 aromatic carbocycles. The first-order chi connectivity index (χ1) is 13.5. The van der Waals surface area contributed by atoms with Crippen LogP contribution in [0.25, 0.3) is 10.8 Å². The second kappa shape index (κ2) is 7.20. The Kier molecular flexibility index (Phi) is 4.58. The van der Waals surface area contributed by atoms with Crippen molar-refractivity contribution in [2.24, 2.45) is 15.3 Å². The fourth-order valence-electron chi connectivity index (χ4n) is 2.57. The Morgan fingerprint density at radius 2 is 1.50 bits per heavy atom. The molecule has 140 valence electrons. The van der Waals surface area contributed by atoms with E-state index in [0.717, 1.165) is 27.3 Å². The normalized spacial score (nSPS) is 12.3. The molecule has 4 rings (SSSR count). The van der Waals surface area contributed by atoms with E-state index in [1.807, 2.05) is 31.2 Å². The van der Waals surface area contributed by atoms with Gasteiger partial charge in [0.1, 0.15) is 0 Å². The molecule has 0 saturated heterocycles. The molecular weight excluding hydrogens is 376 g/mol. The third-order valence-corrected chi connectivity index (χ3v) is 4.99. The summed E-state index contributed by atoms with van der Waals surface area (Å²) in [5.41, 5.74) is 2.47. The molecule has 2 heterocycles. The highest BCUT2D eigenvalue weighted by atomic mass is 32.1. The third-order valence-electron chi connectivity index (χ3n) is 4.07. The quantitative estimate of drug-likeness (QED) is 0.507. The summed E-state index contributed by atoms with van der Waals surface area (Å²) in [4.78, 5) is 0.217. The number of aryl methyl sites for hydroxylation is 2. The van der Waals surface area contributed by atoms with Gasteiger partial charge in [-0.05, 0) is 38.1 Å². The highest BCUT2D eigenvalue weighted by Crippen LogP contribution is 2.35. The molecule has 0 bridgehead atoms. The summed E-state index contributed by atoms with van der Waals surface area (Å²) in [5, 5.41) is 43.0. The lowest BCUT2D eigenvalue weighted by Gasteiger charge is -1.99. The summed E-state index contributed by atoms with van der Waals surface area (Å²) < 4.78 is 1.03. The van der Waals surface area contributed by atoms with Crippen LogP contribution in [0.3, 0.4) is 0 Å². The molecule has 28 heavy (non-hydrogen) atoms. The Labute approximate surface area is 163 Å². The summed E-state index contributed by atoms with van der Waals surface area (Å²) in [6.45, 7) is 3.78. The van der Waals surface area contributed by atoms with Crippen LogP contribution < -0.4 is 4.80 Å². The predicted octanol–water partition coefficient (Wildman–Crippen LogP) is 4.30. The zero-order chi connectivity index (χ0) is 19.7. The zero-order valence-electron chi connectivity index (χ0n) is 15.1. The molecule has 0 saturated carbocycles. The highest BCUT2D eigenvalue weighted by molar-refractivity contribution is 7.12. The Balaban J connectivity index is 1.76. The Morgan fingerprint density at radius 3 is 2.14 bits per heavy atom. The zero-order valence-corrected chi connectivity index (χ0v) is 15.9. The van der Waals surface area contributed by atoms with Gasteiger partial charge in [-0.15, -0.1) is 25.5 Å². The first-order valence-corrected chi connectivity index (χ1v) is 9.24. The first-order valence-electron chi connectivity index (χ1n) is 8.42. The van der Waals surface area contributed by atoms with Crippen LogP contribution in [0.4, 0.5) is 10.7 Å². The lowest BCUT2D eigenvalue weighted by Crippen LogP contribution is -2.08. The van der Waals surface area contributed by atoms with Crippen LogP contribution in [0.5, 0.6) is 11.8 Å². The van der Waals surface area contributed by atoms with Gasteiger partial charge in [-0.3, -0.25) is 0 Å². The van der Waals surface area contributed by atoms with Crippen LogP contribution in [0.2, 0.25) is 0 Å². The SMILES string of the molecule is Cc1ccc(N=Nc2s/c(=N/n3c(O)c4ccccc4c3O)nnc2C)cc1. The number of aromatic nitrogens is 3. The summed E-state index contributed by atoms with van der Waals surface area (Å²) in [5.74, 6) is -0.351. The van der Waals surface area contributed by atoms with Gasteiger partial charge in [0.2, 0.25) is 11.8 Å². The number of aromatic hydroxyl groups is 2. The summed E-state index contributed by atoms with van der Waals surface area (Å²) in [7, 11) is 0. The molecule has 9 heteroatoms. The molecule has 8 nitrogen and oxygen atoms in total. The monoisotopic (exact) mass is 392 g/mol. The molecule has 0 amide bonds. The molecule has 0 aliphatic rings. The topological polar surface area (TPSA) is 108 Å². The Bertz CT molecular complexity index is 1220. The van der Waals surface area contributed by atoms with Gasteiger partial charge in [-0.25, -0.2) is 0 Å². The summed E-state index contributed by atoms with van der Waals surface area (Å²) >= 11 is 1.15. The second-order valence-corrected chi connectivity index (χ2v) is 7.07. The fraction of sp³-hybridized carbons (Fsp3) is 0.105. The van der Waals surface area contributed by atoms with Crippen LogP contribution >= 0.6 is 11.3 Å². The smallest absolute Gasteiger partial charge is 0.250 e. The summed E-state index contributed by atoms with van der Waals surface area (Å²) in [6.07, 6.45) is 0. The van der Waals surface area contributed by atoms with E-state index < -0.39 is 0 Å². The lowest BCUT2D eigenvalue weighted by atomic mass is 10.2. The molecule has 0 radical (unpaired) electrons. The molecule has 4 aromatic rings. The van der Waals surface area contributed by atoms with E-state index in [-0.39, 0.29) is 16.6 Å². The van der Waals surface area contributed by atoms with Gasteiger partial charge in [0.25, 0.3) is 4.80 Å². The molecule has 0 spiro atoms. The highest BCUT2D eigenvalue weighted by Gasteiger charge is 2.15. The van der Waals surface area contributed by atoms with Crippen LogP contribution in [-0.4, -0.2) is 25.1 Å². The van der Waals surface area contributed by atoms with Crippen molar-refractivity contribution >= 4 is 32.8 Å². The van der Waals surface area contributed by atoms with Crippen LogP contribution in [0.1, 0.15) is 11.3 Å². The van der Waals surface area contributed by atoms with E-state index in [9.17, 15) is 10.2 Å². The molecule has 2 N–H and O–H groups in total. The molecule has 0 fully saturated rings. The van der Waals surface area contributed by atoms with Gasteiger partial charge < -0.3 is 10.2 Å². The van der Waals surface area contributed by atoms with Crippen molar-refractivity contribution in [3.05, 3.63) is 64.6 Å². The van der Waals surface area contributed by atoms with Crippen molar-refractivity contribution in [1.29, 1.82) is 0 Å². The van der Waals surface area contributed by atoms with Crippen molar-refractivity contribution in [3.8, 4) is 11.8 Å². The number of hydrogen-bond acceptors (Lipinski definition) is 8. The van der Waals surface area contributed by atoms with Gasteiger partial charge in [0.15, 0.2) is 5.00 Å². The molecule has 0 aliphatic carbocycles. The van der Waals surface area contributed by atoms with Gasteiger partial charge >= 0.3 is 0 Å². The maximum atomic E-state index is 10.4. The van der Waals surface area contributed by atoms with Crippen LogP contribution in [0.15, 0.2) is 63.9 Å². The third kappa shape index (κ3) is 3.35.